The van der Waals surface area contributed by atoms with Crippen molar-refractivity contribution in [2.75, 3.05) is 13.1 Å². The average molecular weight is 370 g/mol. The maximum atomic E-state index is 12.9. The maximum absolute atomic E-state index is 12.9. The van der Waals surface area contributed by atoms with Gasteiger partial charge in [0, 0.05) is 55.1 Å². The highest BCUT2D eigenvalue weighted by Gasteiger charge is 2.27. The number of imidazole rings is 1. The zero-order valence-electron chi connectivity index (χ0n) is 16.1. The number of carbonyl (C=O) groups excluding carboxylic acids is 1. The van der Waals surface area contributed by atoms with Gasteiger partial charge >= 0.3 is 0 Å². The summed E-state index contributed by atoms with van der Waals surface area (Å²) in [6.07, 6.45) is 5.73. The molecule has 0 aliphatic carbocycles. The summed E-state index contributed by atoms with van der Waals surface area (Å²) in [5.41, 5.74) is 0.867. The Hall–Kier alpha value is -2.70. The lowest BCUT2D eigenvalue weighted by molar-refractivity contribution is -0.385. The minimum atomic E-state index is -0.435. The van der Waals surface area contributed by atoms with E-state index in [0.29, 0.717) is 36.1 Å². The van der Waals surface area contributed by atoms with E-state index >= 15 is 0 Å². The van der Waals surface area contributed by atoms with Gasteiger partial charge in [-0.3, -0.25) is 14.9 Å². The first-order chi connectivity index (χ1) is 12.9. The number of aromatic nitrogens is 2. The van der Waals surface area contributed by atoms with Crippen LogP contribution in [0.5, 0.6) is 0 Å². The second-order valence-electron chi connectivity index (χ2n) is 7.53. The normalized spacial score (nSPS) is 15.3. The van der Waals surface area contributed by atoms with Crippen LogP contribution in [0, 0.1) is 23.0 Å². The summed E-state index contributed by atoms with van der Waals surface area (Å²) in [4.78, 5) is 29.8. The van der Waals surface area contributed by atoms with Gasteiger partial charge in [0.2, 0.25) is 0 Å². The summed E-state index contributed by atoms with van der Waals surface area (Å²) in [6.45, 7) is 8.20. The zero-order valence-corrected chi connectivity index (χ0v) is 16.1. The molecule has 27 heavy (non-hydrogen) atoms. The summed E-state index contributed by atoms with van der Waals surface area (Å²) in [5.74, 6) is 1.88. The van der Waals surface area contributed by atoms with Crippen LogP contribution in [0.25, 0.3) is 0 Å². The van der Waals surface area contributed by atoms with Crippen LogP contribution < -0.4 is 0 Å². The first-order valence-corrected chi connectivity index (χ1v) is 9.42. The molecule has 144 valence electrons. The largest absolute Gasteiger partial charge is 0.339 e. The van der Waals surface area contributed by atoms with Gasteiger partial charge in [0.1, 0.15) is 5.82 Å². The van der Waals surface area contributed by atoms with E-state index in [1.165, 1.54) is 6.07 Å². The Kier molecular flexibility index (Phi) is 5.58. The third-order valence-electron chi connectivity index (χ3n) is 5.35. The predicted molar refractivity (Wildman–Crippen MR) is 103 cm³/mol. The lowest BCUT2D eigenvalue weighted by Gasteiger charge is -2.32. The van der Waals surface area contributed by atoms with Crippen molar-refractivity contribution in [1.29, 1.82) is 0 Å². The van der Waals surface area contributed by atoms with Crippen LogP contribution >= 0.6 is 0 Å². The van der Waals surface area contributed by atoms with Crippen LogP contribution in [-0.4, -0.2) is 38.4 Å². The Morgan fingerprint density at radius 3 is 2.67 bits per heavy atom. The van der Waals surface area contributed by atoms with Crippen molar-refractivity contribution < 1.29 is 9.72 Å². The van der Waals surface area contributed by atoms with E-state index in [2.05, 4.69) is 23.4 Å². The molecule has 7 nitrogen and oxygen atoms in total. The highest BCUT2D eigenvalue weighted by atomic mass is 16.6. The van der Waals surface area contributed by atoms with Crippen LogP contribution in [0.4, 0.5) is 5.69 Å². The number of carbonyl (C=O) groups is 1. The Balaban J connectivity index is 1.64. The van der Waals surface area contributed by atoms with Gasteiger partial charge in [-0.1, -0.05) is 19.9 Å². The van der Waals surface area contributed by atoms with Crippen molar-refractivity contribution in [3.05, 3.63) is 57.7 Å². The second kappa shape index (κ2) is 7.90. The molecule has 1 aliphatic heterocycles. The van der Waals surface area contributed by atoms with Gasteiger partial charge in [0.05, 0.1) is 4.92 Å². The molecule has 0 N–H and O–H groups in total. The number of benzene rings is 1. The van der Waals surface area contributed by atoms with E-state index in [0.717, 1.165) is 25.2 Å². The minimum absolute atomic E-state index is 0.00272. The van der Waals surface area contributed by atoms with Gasteiger partial charge < -0.3 is 9.47 Å². The van der Waals surface area contributed by atoms with E-state index in [1.807, 2.05) is 17.3 Å². The summed E-state index contributed by atoms with van der Waals surface area (Å²) >= 11 is 0. The number of nitro groups is 1. The Morgan fingerprint density at radius 1 is 1.33 bits per heavy atom. The number of hydrogen-bond acceptors (Lipinski definition) is 4. The number of amides is 1. The Bertz CT molecular complexity index is 836. The van der Waals surface area contributed by atoms with Gasteiger partial charge in [-0.15, -0.1) is 0 Å². The molecule has 1 aromatic heterocycles. The van der Waals surface area contributed by atoms with E-state index in [-0.39, 0.29) is 11.6 Å². The molecule has 1 saturated heterocycles. The number of piperidine rings is 1. The van der Waals surface area contributed by atoms with Gasteiger partial charge in [-0.25, -0.2) is 4.98 Å². The fourth-order valence-corrected chi connectivity index (χ4v) is 3.80. The third-order valence-corrected chi connectivity index (χ3v) is 5.35. The summed E-state index contributed by atoms with van der Waals surface area (Å²) in [5, 5.41) is 11.1. The summed E-state index contributed by atoms with van der Waals surface area (Å²) < 4.78 is 2.22. The van der Waals surface area contributed by atoms with Crippen molar-refractivity contribution in [2.45, 2.75) is 46.1 Å². The molecule has 0 saturated carbocycles. The van der Waals surface area contributed by atoms with E-state index in [9.17, 15) is 14.9 Å². The molecular weight excluding hydrogens is 344 g/mol. The first-order valence-electron chi connectivity index (χ1n) is 9.42. The minimum Gasteiger partial charge on any atom is -0.339 e. The number of hydrogen-bond donors (Lipinski definition) is 0. The fourth-order valence-electron chi connectivity index (χ4n) is 3.80. The van der Waals surface area contributed by atoms with Crippen LogP contribution in [0.2, 0.25) is 0 Å². The van der Waals surface area contributed by atoms with Crippen molar-refractivity contribution in [3.63, 3.8) is 0 Å². The molecule has 0 atom stereocenters. The van der Waals surface area contributed by atoms with E-state index in [4.69, 9.17) is 0 Å². The van der Waals surface area contributed by atoms with Crippen molar-refractivity contribution in [1.82, 2.24) is 14.5 Å². The number of nitro benzene ring substituents is 1. The Labute approximate surface area is 159 Å². The van der Waals surface area contributed by atoms with Crippen LogP contribution in [0.1, 0.15) is 54.4 Å². The van der Waals surface area contributed by atoms with Crippen molar-refractivity contribution in [2.24, 2.45) is 5.92 Å². The fraction of sp³-hybridized carbons (Fsp3) is 0.500. The highest BCUT2D eigenvalue weighted by molar-refractivity contribution is 5.96. The van der Waals surface area contributed by atoms with Gasteiger partial charge in [-0.05, 0) is 31.7 Å². The standard InChI is InChI=1S/C20H26N4O3/c1-14(2)19-21-9-12-23(19)13-16-7-10-22(11-8-16)20(25)17-5-4-6-18(15(17)3)24(26)27/h4-6,9,12,14,16H,7-8,10-11,13H2,1-3H3. The molecular formula is C20H26N4O3. The molecule has 0 bridgehead atoms. The predicted octanol–water partition coefficient (Wildman–Crippen LogP) is 3.78. The van der Waals surface area contributed by atoms with E-state index < -0.39 is 4.92 Å². The quantitative estimate of drug-likeness (QED) is 0.592. The molecule has 1 fully saturated rings. The maximum Gasteiger partial charge on any atom is 0.273 e. The topological polar surface area (TPSA) is 81.3 Å². The molecule has 1 aromatic carbocycles. The summed E-state index contributed by atoms with van der Waals surface area (Å²) in [7, 11) is 0. The molecule has 7 heteroatoms. The molecule has 3 rings (SSSR count). The molecule has 2 heterocycles. The second-order valence-corrected chi connectivity index (χ2v) is 7.53. The van der Waals surface area contributed by atoms with E-state index in [1.54, 1.807) is 19.1 Å². The van der Waals surface area contributed by atoms with Crippen molar-refractivity contribution in [3.8, 4) is 0 Å². The molecule has 0 radical (unpaired) electrons. The first kappa shape index (κ1) is 19.1. The van der Waals surface area contributed by atoms with Crippen LogP contribution in [-0.2, 0) is 6.54 Å². The zero-order chi connectivity index (χ0) is 19.6. The molecule has 1 amide bonds. The molecule has 0 unspecified atom stereocenters. The van der Waals surface area contributed by atoms with Gasteiger partial charge in [0.25, 0.3) is 11.6 Å². The summed E-state index contributed by atoms with van der Waals surface area (Å²) in [6, 6.07) is 4.70. The Morgan fingerprint density at radius 2 is 2.04 bits per heavy atom. The van der Waals surface area contributed by atoms with Crippen LogP contribution in [0.15, 0.2) is 30.6 Å². The highest BCUT2D eigenvalue weighted by Crippen LogP contribution is 2.26. The molecule has 0 spiro atoms. The SMILES string of the molecule is Cc1c(C(=O)N2CCC(Cn3ccnc3C(C)C)CC2)cccc1[N+](=O)[O-]. The number of nitrogens with zero attached hydrogens (tertiary/aromatic N) is 4. The lowest BCUT2D eigenvalue weighted by atomic mass is 9.95. The third kappa shape index (κ3) is 4.02. The smallest absolute Gasteiger partial charge is 0.273 e. The monoisotopic (exact) mass is 370 g/mol. The lowest BCUT2D eigenvalue weighted by Crippen LogP contribution is -2.39. The number of rotatable bonds is 5. The van der Waals surface area contributed by atoms with Crippen molar-refractivity contribution >= 4 is 11.6 Å². The molecule has 1 aliphatic rings. The van der Waals surface area contributed by atoms with Gasteiger partial charge in [-0.2, -0.15) is 0 Å². The van der Waals surface area contributed by atoms with Gasteiger partial charge in [0.15, 0.2) is 0 Å². The molecule has 2 aromatic rings. The number of likely N-dealkylation sites (tertiary alicyclic amines) is 1. The van der Waals surface area contributed by atoms with Crippen LogP contribution in [0.3, 0.4) is 0 Å². The average Bonchev–Trinajstić information content (AvgIpc) is 3.10.